The quantitative estimate of drug-likeness (QED) is 0.579. The van der Waals surface area contributed by atoms with Crippen molar-refractivity contribution in [1.29, 1.82) is 0 Å². The molecule has 0 spiro atoms. The molecule has 0 radical (unpaired) electrons. The largest absolute Gasteiger partial charge is 0.454 e. The molecular formula is C25H22N2O5S. The zero-order chi connectivity index (χ0) is 23.0. The average Bonchev–Trinajstić information content (AvgIpc) is 3.27. The van der Waals surface area contributed by atoms with Gasteiger partial charge in [0.05, 0.1) is 12.2 Å². The van der Waals surface area contributed by atoms with E-state index in [0.717, 1.165) is 16.7 Å². The number of hydrogen-bond acceptors (Lipinski definition) is 6. The van der Waals surface area contributed by atoms with E-state index >= 15 is 0 Å². The number of nitrogens with one attached hydrogen (secondary N) is 1. The van der Waals surface area contributed by atoms with Crippen molar-refractivity contribution in [2.75, 3.05) is 11.1 Å². The first-order chi connectivity index (χ1) is 15.9. The third-order valence-electron chi connectivity index (χ3n) is 5.59. The Hall–Kier alpha value is -3.78. The maximum Gasteiger partial charge on any atom is 0.270 e. The van der Waals surface area contributed by atoms with Crippen LogP contribution in [-0.4, -0.2) is 21.0 Å². The molecule has 8 heteroatoms. The van der Waals surface area contributed by atoms with Crippen LogP contribution in [0.15, 0.2) is 77.8 Å². The molecule has 0 bridgehead atoms. The summed E-state index contributed by atoms with van der Waals surface area (Å²) in [5.41, 5.74) is 3.49. The van der Waals surface area contributed by atoms with Gasteiger partial charge < -0.3 is 14.8 Å². The number of sulfonamides is 1. The standard InChI is InChI=1S/C25H22N2O5S/c1-17-5-4-6-19(11-17)15-27-21-8-3-2-7-20(21)25(28)24(33(27,29)30)14-26-13-18-9-10-22-23(12-18)32-16-31-22/h2-12,14,26H,13,15-16H2,1H3/b24-14+. The first-order valence-corrected chi connectivity index (χ1v) is 11.9. The number of allylic oxidation sites excluding steroid dienone is 1. The smallest absolute Gasteiger partial charge is 0.270 e. The summed E-state index contributed by atoms with van der Waals surface area (Å²) in [5.74, 6) is 0.788. The molecule has 168 valence electrons. The average molecular weight is 463 g/mol. The molecule has 0 amide bonds. The summed E-state index contributed by atoms with van der Waals surface area (Å²) in [4.78, 5) is 12.8. The number of benzene rings is 3. The summed E-state index contributed by atoms with van der Waals surface area (Å²) >= 11 is 0. The maximum absolute atomic E-state index is 13.5. The van der Waals surface area contributed by atoms with Crippen LogP contribution in [0, 0.1) is 6.92 Å². The van der Waals surface area contributed by atoms with Crippen LogP contribution in [0.5, 0.6) is 11.5 Å². The van der Waals surface area contributed by atoms with Gasteiger partial charge in [-0.15, -0.1) is 0 Å². The Labute approximate surface area is 192 Å². The van der Waals surface area contributed by atoms with E-state index in [-0.39, 0.29) is 18.2 Å². The summed E-state index contributed by atoms with van der Waals surface area (Å²) in [6.45, 7) is 2.59. The van der Waals surface area contributed by atoms with Crippen LogP contribution >= 0.6 is 0 Å². The predicted molar refractivity (Wildman–Crippen MR) is 125 cm³/mol. The monoisotopic (exact) mass is 462 g/mol. The van der Waals surface area contributed by atoms with E-state index in [1.165, 1.54) is 10.5 Å². The second-order valence-corrected chi connectivity index (χ2v) is 9.75. The Morgan fingerprint density at radius 3 is 2.64 bits per heavy atom. The number of aryl methyl sites for hydroxylation is 1. The number of ketones is 1. The molecule has 1 N–H and O–H groups in total. The molecule has 0 saturated carbocycles. The first-order valence-electron chi connectivity index (χ1n) is 10.5. The minimum atomic E-state index is -4.06. The van der Waals surface area contributed by atoms with Crippen LogP contribution in [0.4, 0.5) is 5.69 Å². The van der Waals surface area contributed by atoms with Crippen molar-refractivity contribution in [3.05, 3.63) is 100 Å². The molecular weight excluding hydrogens is 440 g/mol. The molecule has 0 aliphatic carbocycles. The van der Waals surface area contributed by atoms with Gasteiger partial charge in [0.15, 0.2) is 16.4 Å². The van der Waals surface area contributed by atoms with Gasteiger partial charge in [-0.2, -0.15) is 0 Å². The van der Waals surface area contributed by atoms with Crippen LogP contribution in [0.1, 0.15) is 27.0 Å². The Balaban J connectivity index is 1.46. The first kappa shape index (κ1) is 21.1. The van der Waals surface area contributed by atoms with Gasteiger partial charge in [0.25, 0.3) is 10.0 Å². The van der Waals surface area contributed by atoms with E-state index in [1.807, 2.05) is 43.3 Å². The number of carbonyl (C=O) groups excluding carboxylic acids is 1. The van der Waals surface area contributed by atoms with Gasteiger partial charge in [-0.05, 0) is 42.3 Å². The fourth-order valence-corrected chi connectivity index (χ4v) is 5.53. The van der Waals surface area contributed by atoms with E-state index in [2.05, 4.69) is 5.32 Å². The Morgan fingerprint density at radius 1 is 0.970 bits per heavy atom. The van der Waals surface area contributed by atoms with Crippen LogP contribution in [0.2, 0.25) is 0 Å². The van der Waals surface area contributed by atoms with Gasteiger partial charge in [-0.25, -0.2) is 8.42 Å². The van der Waals surface area contributed by atoms with Crippen molar-refractivity contribution >= 4 is 21.5 Å². The lowest BCUT2D eigenvalue weighted by atomic mass is 10.1. The highest BCUT2D eigenvalue weighted by atomic mass is 32.2. The lowest BCUT2D eigenvalue weighted by molar-refractivity contribution is 0.104. The lowest BCUT2D eigenvalue weighted by Gasteiger charge is -2.31. The second-order valence-electron chi connectivity index (χ2n) is 7.92. The summed E-state index contributed by atoms with van der Waals surface area (Å²) in [7, 11) is -4.06. The molecule has 0 saturated heterocycles. The van der Waals surface area contributed by atoms with Gasteiger partial charge in [0.2, 0.25) is 12.6 Å². The molecule has 0 fully saturated rings. The van der Waals surface area contributed by atoms with Crippen LogP contribution in [0.3, 0.4) is 0 Å². The van der Waals surface area contributed by atoms with Gasteiger partial charge in [0.1, 0.15) is 0 Å². The number of ether oxygens (including phenoxy) is 2. The van der Waals surface area contributed by atoms with Crippen LogP contribution in [0.25, 0.3) is 0 Å². The van der Waals surface area contributed by atoms with E-state index in [1.54, 1.807) is 30.3 Å². The fourth-order valence-electron chi connectivity index (χ4n) is 3.98. The van der Waals surface area contributed by atoms with E-state index in [9.17, 15) is 13.2 Å². The fraction of sp³-hybridized carbons (Fsp3) is 0.160. The molecule has 33 heavy (non-hydrogen) atoms. The lowest BCUT2D eigenvalue weighted by Crippen LogP contribution is -2.39. The van der Waals surface area contributed by atoms with Gasteiger partial charge in [-0.3, -0.25) is 9.10 Å². The number of anilines is 1. The molecule has 0 unspecified atom stereocenters. The van der Waals surface area contributed by atoms with Crippen molar-refractivity contribution in [2.45, 2.75) is 20.0 Å². The molecule has 0 atom stereocenters. The molecule has 5 rings (SSSR count). The zero-order valence-corrected chi connectivity index (χ0v) is 18.8. The Kier molecular flexibility index (Phi) is 5.30. The minimum absolute atomic E-state index is 0.133. The highest BCUT2D eigenvalue weighted by Gasteiger charge is 2.40. The molecule has 2 heterocycles. The molecule has 2 aliphatic heterocycles. The summed E-state index contributed by atoms with van der Waals surface area (Å²) in [6.07, 6.45) is 1.29. The number of rotatable bonds is 5. The van der Waals surface area contributed by atoms with Gasteiger partial charge in [0, 0.05) is 18.3 Å². The molecule has 3 aromatic rings. The van der Waals surface area contributed by atoms with Crippen molar-refractivity contribution in [2.24, 2.45) is 0 Å². The topological polar surface area (TPSA) is 84.9 Å². The molecule has 7 nitrogen and oxygen atoms in total. The number of para-hydroxylation sites is 1. The van der Waals surface area contributed by atoms with Gasteiger partial charge in [-0.1, -0.05) is 48.0 Å². The molecule has 2 aliphatic rings. The van der Waals surface area contributed by atoms with Crippen molar-refractivity contribution in [1.82, 2.24) is 5.32 Å². The van der Waals surface area contributed by atoms with E-state index in [4.69, 9.17) is 9.47 Å². The normalized spacial score (nSPS) is 17.2. The Morgan fingerprint density at radius 2 is 1.79 bits per heavy atom. The van der Waals surface area contributed by atoms with E-state index in [0.29, 0.717) is 29.3 Å². The van der Waals surface area contributed by atoms with Crippen molar-refractivity contribution < 1.29 is 22.7 Å². The Bertz CT molecular complexity index is 1380. The third-order valence-corrected chi connectivity index (χ3v) is 7.36. The van der Waals surface area contributed by atoms with Crippen LogP contribution in [-0.2, 0) is 23.1 Å². The third kappa shape index (κ3) is 3.93. The van der Waals surface area contributed by atoms with Crippen molar-refractivity contribution in [3.8, 4) is 11.5 Å². The molecule has 3 aromatic carbocycles. The number of carbonyl (C=O) groups is 1. The second kappa shape index (κ2) is 8.29. The zero-order valence-electron chi connectivity index (χ0n) is 17.9. The molecule has 0 aromatic heterocycles. The summed E-state index contributed by atoms with van der Waals surface area (Å²) < 4.78 is 39.1. The maximum atomic E-state index is 13.5. The predicted octanol–water partition coefficient (Wildman–Crippen LogP) is 3.89. The summed E-state index contributed by atoms with van der Waals surface area (Å²) in [5, 5.41) is 2.99. The number of hydrogen-bond donors (Lipinski definition) is 1. The minimum Gasteiger partial charge on any atom is -0.454 e. The number of nitrogens with zero attached hydrogens (tertiary/aromatic N) is 1. The number of Topliss-reactive ketones (excluding diaryl/α,β-unsaturated/α-hetero) is 1. The van der Waals surface area contributed by atoms with E-state index < -0.39 is 15.8 Å². The van der Waals surface area contributed by atoms with Crippen LogP contribution < -0.4 is 19.1 Å². The highest BCUT2D eigenvalue weighted by molar-refractivity contribution is 7.97. The number of fused-ring (bicyclic) bond motifs is 2. The van der Waals surface area contributed by atoms with Gasteiger partial charge >= 0.3 is 0 Å². The highest BCUT2D eigenvalue weighted by Crippen LogP contribution is 2.36. The van der Waals surface area contributed by atoms with Crippen molar-refractivity contribution in [3.63, 3.8) is 0 Å². The summed E-state index contributed by atoms with van der Waals surface area (Å²) in [6, 6.07) is 19.9. The SMILES string of the molecule is Cc1cccc(CN2c3ccccc3C(=O)/C(=C\NCc3ccc4c(c3)OCO4)S2(=O)=O)c1.